The molecule has 0 amide bonds. The highest BCUT2D eigenvalue weighted by atomic mass is 16.5. The first kappa shape index (κ1) is 17.0. The molecule has 0 heterocycles. The Morgan fingerprint density at radius 3 is 2.45 bits per heavy atom. The second-order valence-corrected chi connectivity index (χ2v) is 5.58. The highest BCUT2D eigenvalue weighted by molar-refractivity contribution is 5.47. The zero-order valence-electron chi connectivity index (χ0n) is 13.6. The van der Waals surface area contributed by atoms with Gasteiger partial charge in [-0.1, -0.05) is 45.2 Å². The molecule has 2 unspecified atom stereocenters. The van der Waals surface area contributed by atoms with Gasteiger partial charge in [0.2, 0.25) is 0 Å². The van der Waals surface area contributed by atoms with Gasteiger partial charge in [0.1, 0.15) is 5.75 Å². The average Bonchev–Trinajstić information content (AvgIpc) is 2.46. The number of nitrogens with two attached hydrogens (primary N) is 1. The number of hydrogen-bond donors (Lipinski definition) is 2. The standard InChI is InChI=1S/C17H30N2O/c1-6-8-9-14(7-2)16(19-18)15-11-10-12(3)13(4)17(15)20-5/h10-11,14,16,19H,6-9,18H2,1-5H3. The fraction of sp³-hybridized carbons (Fsp3) is 0.647. The summed E-state index contributed by atoms with van der Waals surface area (Å²) in [6.45, 7) is 8.69. The summed E-state index contributed by atoms with van der Waals surface area (Å²) in [5.74, 6) is 7.37. The van der Waals surface area contributed by atoms with Crippen molar-refractivity contribution in [2.24, 2.45) is 11.8 Å². The van der Waals surface area contributed by atoms with E-state index in [1.807, 2.05) is 0 Å². The van der Waals surface area contributed by atoms with Crippen LogP contribution in [0.25, 0.3) is 0 Å². The number of aryl methyl sites for hydroxylation is 1. The third-order valence-corrected chi connectivity index (χ3v) is 4.35. The van der Waals surface area contributed by atoms with E-state index >= 15 is 0 Å². The molecule has 1 aromatic rings. The summed E-state index contributed by atoms with van der Waals surface area (Å²) in [5, 5.41) is 0. The number of benzene rings is 1. The molecule has 0 saturated carbocycles. The molecule has 114 valence electrons. The van der Waals surface area contributed by atoms with E-state index in [9.17, 15) is 0 Å². The Balaban J connectivity index is 3.13. The number of hydrogen-bond acceptors (Lipinski definition) is 3. The van der Waals surface area contributed by atoms with E-state index in [-0.39, 0.29) is 6.04 Å². The number of ether oxygens (including phenoxy) is 1. The van der Waals surface area contributed by atoms with Gasteiger partial charge in [-0.3, -0.25) is 11.3 Å². The molecule has 20 heavy (non-hydrogen) atoms. The van der Waals surface area contributed by atoms with Crippen molar-refractivity contribution in [2.45, 2.75) is 59.4 Å². The van der Waals surface area contributed by atoms with Gasteiger partial charge < -0.3 is 4.74 Å². The van der Waals surface area contributed by atoms with E-state index < -0.39 is 0 Å². The monoisotopic (exact) mass is 278 g/mol. The summed E-state index contributed by atoms with van der Waals surface area (Å²) in [7, 11) is 1.74. The molecule has 0 aromatic heterocycles. The van der Waals surface area contributed by atoms with E-state index in [4.69, 9.17) is 10.6 Å². The Hall–Kier alpha value is -1.06. The predicted octanol–water partition coefficient (Wildman–Crippen LogP) is 4.03. The first-order valence-electron chi connectivity index (χ1n) is 7.70. The molecule has 0 spiro atoms. The third kappa shape index (κ3) is 3.74. The molecule has 0 fully saturated rings. The molecule has 0 aliphatic heterocycles. The Labute approximate surface area is 123 Å². The minimum Gasteiger partial charge on any atom is -0.496 e. The first-order valence-corrected chi connectivity index (χ1v) is 7.70. The SMILES string of the molecule is CCCCC(CC)C(NN)c1ccc(C)c(C)c1OC. The largest absolute Gasteiger partial charge is 0.496 e. The average molecular weight is 278 g/mol. The fourth-order valence-electron chi connectivity index (χ4n) is 2.88. The molecule has 1 rings (SSSR count). The maximum absolute atomic E-state index is 5.86. The minimum absolute atomic E-state index is 0.154. The van der Waals surface area contributed by atoms with Crippen molar-refractivity contribution >= 4 is 0 Å². The van der Waals surface area contributed by atoms with Crippen LogP contribution >= 0.6 is 0 Å². The highest BCUT2D eigenvalue weighted by Gasteiger charge is 2.24. The van der Waals surface area contributed by atoms with Crippen LogP contribution in [-0.4, -0.2) is 7.11 Å². The van der Waals surface area contributed by atoms with Crippen LogP contribution in [-0.2, 0) is 0 Å². The van der Waals surface area contributed by atoms with Gasteiger partial charge in [0.25, 0.3) is 0 Å². The quantitative estimate of drug-likeness (QED) is 0.557. The summed E-state index contributed by atoms with van der Waals surface area (Å²) < 4.78 is 5.64. The molecule has 0 radical (unpaired) electrons. The molecule has 0 bridgehead atoms. The van der Waals surface area contributed by atoms with Crippen LogP contribution in [0.1, 0.15) is 62.3 Å². The molecule has 0 aliphatic carbocycles. The summed E-state index contributed by atoms with van der Waals surface area (Å²) in [6.07, 6.45) is 4.77. The van der Waals surface area contributed by atoms with Crippen molar-refractivity contribution in [3.05, 3.63) is 28.8 Å². The molecular formula is C17H30N2O. The van der Waals surface area contributed by atoms with E-state index in [0.717, 1.165) is 12.2 Å². The van der Waals surface area contributed by atoms with Gasteiger partial charge in [0, 0.05) is 5.56 Å². The van der Waals surface area contributed by atoms with Crippen molar-refractivity contribution < 1.29 is 4.74 Å². The lowest BCUT2D eigenvalue weighted by Gasteiger charge is -2.28. The topological polar surface area (TPSA) is 47.3 Å². The van der Waals surface area contributed by atoms with Gasteiger partial charge in [-0.25, -0.2) is 0 Å². The Bertz CT molecular complexity index is 418. The van der Waals surface area contributed by atoms with Gasteiger partial charge in [-0.05, 0) is 37.3 Å². The highest BCUT2D eigenvalue weighted by Crippen LogP contribution is 2.36. The van der Waals surface area contributed by atoms with Crippen molar-refractivity contribution in [1.82, 2.24) is 5.43 Å². The summed E-state index contributed by atoms with van der Waals surface area (Å²) in [6, 6.07) is 4.46. The van der Waals surface area contributed by atoms with E-state index in [0.29, 0.717) is 5.92 Å². The van der Waals surface area contributed by atoms with Crippen molar-refractivity contribution in [3.8, 4) is 5.75 Å². The smallest absolute Gasteiger partial charge is 0.126 e. The third-order valence-electron chi connectivity index (χ3n) is 4.35. The maximum Gasteiger partial charge on any atom is 0.126 e. The Kier molecular flexibility index (Phi) is 7.03. The van der Waals surface area contributed by atoms with Crippen LogP contribution < -0.4 is 16.0 Å². The van der Waals surface area contributed by atoms with Crippen LogP contribution in [0.5, 0.6) is 5.75 Å². The lowest BCUT2D eigenvalue weighted by Crippen LogP contribution is -2.34. The van der Waals surface area contributed by atoms with Crippen LogP contribution in [0.3, 0.4) is 0 Å². The van der Waals surface area contributed by atoms with Gasteiger partial charge in [-0.15, -0.1) is 0 Å². The van der Waals surface area contributed by atoms with Gasteiger partial charge in [0.05, 0.1) is 13.2 Å². The van der Waals surface area contributed by atoms with Gasteiger partial charge in [-0.2, -0.15) is 0 Å². The molecule has 3 N–H and O–H groups in total. The van der Waals surface area contributed by atoms with Crippen molar-refractivity contribution in [1.29, 1.82) is 0 Å². The second kappa shape index (κ2) is 8.28. The molecule has 3 heteroatoms. The zero-order valence-corrected chi connectivity index (χ0v) is 13.6. The Morgan fingerprint density at radius 2 is 1.95 bits per heavy atom. The fourth-order valence-corrected chi connectivity index (χ4v) is 2.88. The molecule has 0 saturated heterocycles. The van der Waals surface area contributed by atoms with Gasteiger partial charge in [0.15, 0.2) is 0 Å². The minimum atomic E-state index is 0.154. The maximum atomic E-state index is 5.86. The van der Waals surface area contributed by atoms with Crippen LogP contribution in [0.15, 0.2) is 12.1 Å². The number of nitrogens with one attached hydrogen (secondary N) is 1. The normalized spacial score (nSPS) is 14.1. The summed E-state index contributed by atoms with van der Waals surface area (Å²) in [5.41, 5.74) is 6.66. The number of unbranched alkanes of at least 4 members (excludes halogenated alkanes) is 1. The summed E-state index contributed by atoms with van der Waals surface area (Å²) in [4.78, 5) is 0. The van der Waals surface area contributed by atoms with Crippen molar-refractivity contribution in [3.63, 3.8) is 0 Å². The van der Waals surface area contributed by atoms with E-state index in [1.165, 1.54) is 36.0 Å². The van der Waals surface area contributed by atoms with Crippen LogP contribution in [0.4, 0.5) is 0 Å². The van der Waals surface area contributed by atoms with E-state index in [2.05, 4.69) is 45.3 Å². The molecule has 2 atom stereocenters. The Morgan fingerprint density at radius 1 is 1.25 bits per heavy atom. The lowest BCUT2D eigenvalue weighted by atomic mass is 9.85. The van der Waals surface area contributed by atoms with Crippen molar-refractivity contribution in [2.75, 3.05) is 7.11 Å². The predicted molar refractivity (Wildman–Crippen MR) is 85.8 cm³/mol. The number of methoxy groups -OCH3 is 1. The van der Waals surface area contributed by atoms with Crippen LogP contribution in [0.2, 0.25) is 0 Å². The molecule has 3 nitrogen and oxygen atoms in total. The molecule has 1 aromatic carbocycles. The van der Waals surface area contributed by atoms with Gasteiger partial charge >= 0.3 is 0 Å². The van der Waals surface area contributed by atoms with E-state index in [1.54, 1.807) is 7.11 Å². The first-order chi connectivity index (χ1) is 9.60. The second-order valence-electron chi connectivity index (χ2n) is 5.58. The molecule has 0 aliphatic rings. The summed E-state index contributed by atoms with van der Waals surface area (Å²) >= 11 is 0. The molecular weight excluding hydrogens is 248 g/mol. The zero-order chi connectivity index (χ0) is 15.1. The lowest BCUT2D eigenvalue weighted by molar-refractivity contribution is 0.313. The van der Waals surface area contributed by atoms with Crippen LogP contribution in [0, 0.1) is 19.8 Å². The number of rotatable bonds is 8. The number of hydrazine groups is 1.